The molecule has 0 bridgehead atoms. The molecule has 114 valence electrons. The van der Waals surface area contributed by atoms with Crippen molar-refractivity contribution in [1.29, 1.82) is 5.26 Å². The summed E-state index contributed by atoms with van der Waals surface area (Å²) >= 11 is 0. The molecule has 0 saturated heterocycles. The van der Waals surface area contributed by atoms with E-state index < -0.39 is 0 Å². The van der Waals surface area contributed by atoms with Crippen molar-refractivity contribution < 1.29 is 4.79 Å². The predicted molar refractivity (Wildman–Crippen MR) is 89.3 cm³/mol. The number of nitriles is 1. The van der Waals surface area contributed by atoms with Gasteiger partial charge in [0.1, 0.15) is 0 Å². The predicted octanol–water partition coefficient (Wildman–Crippen LogP) is 3.49. The fourth-order valence-electron chi connectivity index (χ4n) is 2.61. The number of hydrogen-bond acceptors (Lipinski definition) is 3. The van der Waals surface area contributed by atoms with Crippen LogP contribution in [-0.2, 0) is 6.54 Å². The zero-order chi connectivity index (χ0) is 16.4. The highest BCUT2D eigenvalue weighted by atomic mass is 16.1. The van der Waals surface area contributed by atoms with E-state index in [0.717, 1.165) is 11.1 Å². The zero-order valence-corrected chi connectivity index (χ0v) is 13.0. The molecule has 0 atom stereocenters. The summed E-state index contributed by atoms with van der Waals surface area (Å²) in [6.45, 7) is 4.56. The number of carbonyl (C=O) groups excluding carboxylic acids is 1. The minimum absolute atomic E-state index is 0.186. The highest BCUT2D eigenvalue weighted by molar-refractivity contribution is 6.05. The van der Waals surface area contributed by atoms with Crippen molar-refractivity contribution in [2.24, 2.45) is 0 Å². The number of nitrogens with zero attached hydrogens (tertiary/aromatic N) is 3. The van der Waals surface area contributed by atoms with Gasteiger partial charge in [-0.25, -0.2) is 4.98 Å². The van der Waals surface area contributed by atoms with E-state index >= 15 is 0 Å². The first-order valence-corrected chi connectivity index (χ1v) is 7.41. The van der Waals surface area contributed by atoms with Gasteiger partial charge in [0.2, 0.25) is 5.95 Å². The van der Waals surface area contributed by atoms with Crippen molar-refractivity contribution in [2.45, 2.75) is 20.4 Å². The number of anilines is 1. The van der Waals surface area contributed by atoms with Gasteiger partial charge in [0.25, 0.3) is 5.91 Å². The lowest BCUT2D eigenvalue weighted by molar-refractivity contribution is 0.102. The molecule has 0 radical (unpaired) electrons. The van der Waals surface area contributed by atoms with Gasteiger partial charge in [0.15, 0.2) is 0 Å². The summed E-state index contributed by atoms with van der Waals surface area (Å²) in [4.78, 5) is 17.0. The first kappa shape index (κ1) is 14.8. The Kier molecular flexibility index (Phi) is 3.82. The van der Waals surface area contributed by atoms with Crippen molar-refractivity contribution in [3.63, 3.8) is 0 Å². The van der Waals surface area contributed by atoms with Gasteiger partial charge in [0.05, 0.1) is 22.7 Å². The summed E-state index contributed by atoms with van der Waals surface area (Å²) in [6, 6.07) is 14.9. The third kappa shape index (κ3) is 2.67. The molecule has 3 aromatic rings. The third-order valence-corrected chi connectivity index (χ3v) is 3.81. The second-order valence-electron chi connectivity index (χ2n) is 5.26. The summed E-state index contributed by atoms with van der Waals surface area (Å²) in [7, 11) is 0. The fourth-order valence-corrected chi connectivity index (χ4v) is 2.61. The van der Waals surface area contributed by atoms with Crippen molar-refractivity contribution in [1.82, 2.24) is 9.55 Å². The molecule has 3 rings (SSSR count). The smallest absolute Gasteiger partial charge is 0.258 e. The minimum atomic E-state index is -0.186. The molecule has 0 aliphatic carbocycles. The molecule has 0 aliphatic rings. The largest absolute Gasteiger partial charge is 0.310 e. The standard InChI is InChI=1S/C18H16N4O/c1-3-22-16-9-8-13(11-19)10-15(16)20-18(22)21-17(23)14-7-5-4-6-12(14)2/h4-10H,3H2,1-2H3,(H,20,21,23). The summed E-state index contributed by atoms with van der Waals surface area (Å²) < 4.78 is 1.92. The van der Waals surface area contributed by atoms with E-state index in [1.165, 1.54) is 0 Å². The van der Waals surface area contributed by atoms with E-state index in [4.69, 9.17) is 5.26 Å². The van der Waals surface area contributed by atoms with Crippen LogP contribution in [0.5, 0.6) is 0 Å². The van der Waals surface area contributed by atoms with Gasteiger partial charge >= 0.3 is 0 Å². The Labute approximate surface area is 134 Å². The molecule has 1 aromatic heterocycles. The number of amides is 1. The summed E-state index contributed by atoms with van der Waals surface area (Å²) in [6.07, 6.45) is 0. The van der Waals surface area contributed by atoms with Crippen LogP contribution in [0.15, 0.2) is 42.5 Å². The van der Waals surface area contributed by atoms with Gasteiger partial charge in [-0.2, -0.15) is 5.26 Å². The Morgan fingerprint density at radius 2 is 2.09 bits per heavy atom. The molecule has 0 saturated carbocycles. The molecule has 1 N–H and O–H groups in total. The normalized spacial score (nSPS) is 10.5. The first-order chi connectivity index (χ1) is 11.1. The number of fused-ring (bicyclic) bond motifs is 1. The second kappa shape index (κ2) is 5.93. The average molecular weight is 304 g/mol. The first-order valence-electron chi connectivity index (χ1n) is 7.41. The topological polar surface area (TPSA) is 70.7 Å². The monoisotopic (exact) mass is 304 g/mol. The van der Waals surface area contributed by atoms with E-state index in [-0.39, 0.29) is 5.91 Å². The molecule has 0 fully saturated rings. The van der Waals surface area contributed by atoms with Crippen LogP contribution in [0.4, 0.5) is 5.95 Å². The van der Waals surface area contributed by atoms with Crippen LogP contribution in [0.25, 0.3) is 11.0 Å². The van der Waals surface area contributed by atoms with Gasteiger partial charge in [-0.1, -0.05) is 18.2 Å². The van der Waals surface area contributed by atoms with Gasteiger partial charge < -0.3 is 4.57 Å². The Morgan fingerprint density at radius 3 is 2.78 bits per heavy atom. The molecular formula is C18H16N4O. The Balaban J connectivity index is 2.01. The van der Waals surface area contributed by atoms with Gasteiger partial charge in [-0.05, 0) is 43.7 Å². The number of nitrogens with one attached hydrogen (secondary N) is 1. The number of carbonyl (C=O) groups is 1. The molecule has 2 aromatic carbocycles. The van der Waals surface area contributed by atoms with Gasteiger partial charge in [0, 0.05) is 12.1 Å². The van der Waals surface area contributed by atoms with Crippen LogP contribution in [-0.4, -0.2) is 15.5 Å². The Morgan fingerprint density at radius 1 is 1.30 bits per heavy atom. The van der Waals surface area contributed by atoms with Crippen LogP contribution in [0, 0.1) is 18.3 Å². The number of hydrogen-bond donors (Lipinski definition) is 1. The molecule has 5 heteroatoms. The molecular weight excluding hydrogens is 288 g/mol. The number of imidazole rings is 1. The van der Waals surface area contributed by atoms with Crippen LogP contribution in [0.1, 0.15) is 28.4 Å². The number of aryl methyl sites for hydroxylation is 2. The maximum Gasteiger partial charge on any atom is 0.258 e. The molecule has 0 spiro atoms. The van der Waals surface area contributed by atoms with Gasteiger partial charge in [-0.3, -0.25) is 10.1 Å². The van der Waals surface area contributed by atoms with E-state index in [2.05, 4.69) is 16.4 Å². The third-order valence-electron chi connectivity index (χ3n) is 3.81. The molecule has 1 heterocycles. The van der Waals surface area contributed by atoms with E-state index in [1.54, 1.807) is 18.2 Å². The van der Waals surface area contributed by atoms with E-state index in [1.807, 2.05) is 42.7 Å². The molecule has 5 nitrogen and oxygen atoms in total. The van der Waals surface area contributed by atoms with E-state index in [0.29, 0.717) is 29.1 Å². The second-order valence-corrected chi connectivity index (χ2v) is 5.26. The average Bonchev–Trinajstić information content (AvgIpc) is 2.90. The van der Waals surface area contributed by atoms with Gasteiger partial charge in [-0.15, -0.1) is 0 Å². The highest BCUT2D eigenvalue weighted by Crippen LogP contribution is 2.21. The number of benzene rings is 2. The van der Waals surface area contributed by atoms with Crippen molar-refractivity contribution in [3.8, 4) is 6.07 Å². The quantitative estimate of drug-likeness (QED) is 0.805. The SMILES string of the molecule is CCn1c(NC(=O)c2ccccc2C)nc2cc(C#N)ccc21. The van der Waals surface area contributed by atoms with E-state index in [9.17, 15) is 4.79 Å². The van der Waals surface area contributed by atoms with Crippen molar-refractivity contribution >= 4 is 22.9 Å². The lowest BCUT2D eigenvalue weighted by Gasteiger charge is -2.09. The maximum atomic E-state index is 12.5. The summed E-state index contributed by atoms with van der Waals surface area (Å²) in [5.41, 5.74) is 3.68. The van der Waals surface area contributed by atoms with Crippen molar-refractivity contribution in [2.75, 3.05) is 5.32 Å². The molecule has 0 aliphatic heterocycles. The number of aromatic nitrogens is 2. The number of rotatable bonds is 3. The Hall–Kier alpha value is -3.13. The minimum Gasteiger partial charge on any atom is -0.310 e. The van der Waals surface area contributed by atoms with Crippen molar-refractivity contribution in [3.05, 3.63) is 59.2 Å². The zero-order valence-electron chi connectivity index (χ0n) is 13.0. The van der Waals surface area contributed by atoms with Crippen LogP contribution in [0.3, 0.4) is 0 Å². The Bertz CT molecular complexity index is 934. The molecule has 23 heavy (non-hydrogen) atoms. The molecule has 1 amide bonds. The van der Waals surface area contributed by atoms with Crippen LogP contribution >= 0.6 is 0 Å². The summed E-state index contributed by atoms with van der Waals surface area (Å²) in [5.74, 6) is 0.305. The molecule has 0 unspecified atom stereocenters. The maximum absolute atomic E-state index is 12.5. The van der Waals surface area contributed by atoms with Crippen LogP contribution < -0.4 is 5.32 Å². The lowest BCUT2D eigenvalue weighted by Crippen LogP contribution is -2.16. The van der Waals surface area contributed by atoms with Crippen LogP contribution in [0.2, 0.25) is 0 Å². The summed E-state index contributed by atoms with van der Waals surface area (Å²) in [5, 5.41) is 11.9. The highest BCUT2D eigenvalue weighted by Gasteiger charge is 2.15. The fraction of sp³-hybridized carbons (Fsp3) is 0.167. The lowest BCUT2D eigenvalue weighted by atomic mass is 10.1.